The highest BCUT2D eigenvalue weighted by Crippen LogP contribution is 2.30. The third kappa shape index (κ3) is 5.00. The van der Waals surface area contributed by atoms with Crippen LogP contribution in [0.5, 0.6) is 17.4 Å². The fourth-order valence-corrected chi connectivity index (χ4v) is 3.49. The maximum absolute atomic E-state index is 13.4. The molecule has 0 aliphatic heterocycles. The number of carbonyl (C=O) groups excluding carboxylic acids is 1. The standard InChI is InChI=1S/C26H19ClN4O4/c1-16-7-6-12-31-23(16)30-25(35-22-11-4-3-10-21(22)27)20(26(31)33)13-17(15-28)24(32)29-18-8-5-9-19(14-18)34-2/h3-14H,1-2H3,(H,29,32)/b17-13-. The van der Waals surface area contributed by atoms with Crippen LogP contribution in [0.25, 0.3) is 11.7 Å². The molecule has 2 aromatic carbocycles. The van der Waals surface area contributed by atoms with Gasteiger partial charge < -0.3 is 14.8 Å². The molecule has 0 saturated carbocycles. The molecule has 0 fully saturated rings. The van der Waals surface area contributed by atoms with Crippen LogP contribution in [0.4, 0.5) is 5.69 Å². The Labute approximate surface area is 205 Å². The molecule has 174 valence electrons. The Morgan fingerprint density at radius 1 is 1.17 bits per heavy atom. The summed E-state index contributed by atoms with van der Waals surface area (Å²) >= 11 is 6.24. The van der Waals surface area contributed by atoms with E-state index in [0.717, 1.165) is 11.6 Å². The minimum absolute atomic E-state index is 0.0784. The first-order valence-electron chi connectivity index (χ1n) is 10.4. The number of nitrogens with zero attached hydrogens (tertiary/aromatic N) is 3. The van der Waals surface area contributed by atoms with Crippen LogP contribution >= 0.6 is 11.6 Å². The van der Waals surface area contributed by atoms with Gasteiger partial charge in [-0.25, -0.2) is 0 Å². The van der Waals surface area contributed by atoms with E-state index in [1.165, 1.54) is 11.5 Å². The third-order valence-electron chi connectivity index (χ3n) is 5.07. The highest BCUT2D eigenvalue weighted by molar-refractivity contribution is 6.32. The second kappa shape index (κ2) is 10.1. The van der Waals surface area contributed by atoms with Crippen molar-refractivity contribution in [2.45, 2.75) is 6.92 Å². The van der Waals surface area contributed by atoms with Gasteiger partial charge in [0.05, 0.1) is 12.1 Å². The van der Waals surface area contributed by atoms with Gasteiger partial charge in [-0.05, 0) is 48.9 Å². The lowest BCUT2D eigenvalue weighted by molar-refractivity contribution is -0.112. The second-order valence-corrected chi connectivity index (χ2v) is 7.82. The van der Waals surface area contributed by atoms with E-state index in [-0.39, 0.29) is 22.8 Å². The summed E-state index contributed by atoms with van der Waals surface area (Å²) < 4.78 is 12.4. The van der Waals surface area contributed by atoms with Crippen molar-refractivity contribution in [2.75, 3.05) is 12.4 Å². The molecule has 0 unspecified atom stereocenters. The van der Waals surface area contributed by atoms with Crippen LogP contribution in [-0.4, -0.2) is 22.4 Å². The largest absolute Gasteiger partial charge is 0.497 e. The van der Waals surface area contributed by atoms with Crippen LogP contribution in [-0.2, 0) is 4.79 Å². The molecule has 2 heterocycles. The molecule has 1 amide bonds. The van der Waals surface area contributed by atoms with E-state index < -0.39 is 11.5 Å². The van der Waals surface area contributed by atoms with Gasteiger partial charge in [0.1, 0.15) is 34.4 Å². The van der Waals surface area contributed by atoms with Crippen molar-refractivity contribution in [3.05, 3.63) is 98.9 Å². The van der Waals surface area contributed by atoms with Gasteiger partial charge in [-0.2, -0.15) is 10.2 Å². The van der Waals surface area contributed by atoms with E-state index in [2.05, 4.69) is 10.3 Å². The maximum atomic E-state index is 13.4. The Hall–Kier alpha value is -4.61. The summed E-state index contributed by atoms with van der Waals surface area (Å²) in [6.45, 7) is 1.80. The minimum Gasteiger partial charge on any atom is -0.497 e. The fraction of sp³-hybridized carbons (Fsp3) is 0.0769. The van der Waals surface area contributed by atoms with E-state index in [1.54, 1.807) is 73.8 Å². The zero-order valence-corrected chi connectivity index (χ0v) is 19.5. The van der Waals surface area contributed by atoms with E-state index >= 15 is 0 Å². The van der Waals surface area contributed by atoms with Crippen LogP contribution in [0.3, 0.4) is 0 Å². The number of ether oxygens (including phenoxy) is 2. The number of halogens is 1. The summed E-state index contributed by atoms with van der Waals surface area (Å²) in [6, 6.07) is 18.7. The van der Waals surface area contributed by atoms with Crippen molar-refractivity contribution in [2.24, 2.45) is 0 Å². The summed E-state index contributed by atoms with van der Waals surface area (Å²) in [4.78, 5) is 30.8. The monoisotopic (exact) mass is 486 g/mol. The number of hydrogen-bond acceptors (Lipinski definition) is 6. The van der Waals surface area contributed by atoms with Gasteiger partial charge in [0.25, 0.3) is 11.5 Å². The molecule has 2 aromatic heterocycles. The van der Waals surface area contributed by atoms with Gasteiger partial charge in [0, 0.05) is 18.0 Å². The third-order valence-corrected chi connectivity index (χ3v) is 5.39. The number of fused-ring (bicyclic) bond motifs is 1. The van der Waals surface area contributed by atoms with E-state index in [9.17, 15) is 14.9 Å². The number of nitrogens with one attached hydrogen (secondary N) is 1. The molecule has 0 atom stereocenters. The zero-order valence-electron chi connectivity index (χ0n) is 18.8. The summed E-state index contributed by atoms with van der Waals surface area (Å²) in [5.41, 5.74) is 0.625. The van der Waals surface area contributed by atoms with Crippen molar-refractivity contribution in [3.8, 4) is 23.4 Å². The Morgan fingerprint density at radius 2 is 1.97 bits per heavy atom. The van der Waals surface area contributed by atoms with E-state index in [0.29, 0.717) is 22.1 Å². The smallest absolute Gasteiger partial charge is 0.269 e. The normalized spacial score (nSPS) is 11.1. The number of anilines is 1. The van der Waals surface area contributed by atoms with Gasteiger partial charge in [-0.3, -0.25) is 14.0 Å². The SMILES string of the molecule is COc1cccc(NC(=O)/C(C#N)=C\c2c(Oc3ccccc3Cl)nc3c(C)cccn3c2=O)c1. The second-order valence-electron chi connectivity index (χ2n) is 7.41. The van der Waals surface area contributed by atoms with Gasteiger partial charge in [0.2, 0.25) is 5.88 Å². The Kier molecular flexibility index (Phi) is 6.81. The average Bonchev–Trinajstić information content (AvgIpc) is 2.86. The number of methoxy groups -OCH3 is 1. The van der Waals surface area contributed by atoms with Crippen LogP contribution in [0.1, 0.15) is 11.1 Å². The number of para-hydroxylation sites is 1. The van der Waals surface area contributed by atoms with Crippen LogP contribution < -0.4 is 20.3 Å². The number of carbonyl (C=O) groups is 1. The lowest BCUT2D eigenvalue weighted by atomic mass is 10.1. The van der Waals surface area contributed by atoms with Gasteiger partial charge in [-0.15, -0.1) is 0 Å². The Bertz CT molecular complexity index is 1570. The molecule has 9 heteroatoms. The number of nitriles is 1. The molecular weight excluding hydrogens is 468 g/mol. The van der Waals surface area contributed by atoms with Crippen molar-refractivity contribution in [1.29, 1.82) is 5.26 Å². The van der Waals surface area contributed by atoms with Crippen molar-refractivity contribution in [1.82, 2.24) is 9.38 Å². The molecule has 0 spiro atoms. The number of rotatable bonds is 6. The summed E-state index contributed by atoms with van der Waals surface area (Å²) in [6.07, 6.45) is 2.71. The zero-order chi connectivity index (χ0) is 24.9. The Morgan fingerprint density at radius 3 is 2.71 bits per heavy atom. The summed E-state index contributed by atoms with van der Waals surface area (Å²) in [7, 11) is 1.50. The molecule has 8 nitrogen and oxygen atoms in total. The highest BCUT2D eigenvalue weighted by Gasteiger charge is 2.19. The summed E-state index contributed by atoms with van der Waals surface area (Å²) in [5, 5.41) is 12.7. The Balaban J connectivity index is 1.83. The molecule has 0 aliphatic rings. The van der Waals surface area contributed by atoms with Gasteiger partial charge in [-0.1, -0.05) is 35.9 Å². The van der Waals surface area contributed by atoms with Gasteiger partial charge in [0.15, 0.2) is 0 Å². The lowest BCUT2D eigenvalue weighted by Crippen LogP contribution is -2.20. The first-order chi connectivity index (χ1) is 16.9. The predicted molar refractivity (Wildman–Crippen MR) is 133 cm³/mol. The number of benzene rings is 2. The van der Waals surface area contributed by atoms with Crippen LogP contribution in [0.15, 0.2) is 77.2 Å². The van der Waals surface area contributed by atoms with Gasteiger partial charge >= 0.3 is 0 Å². The number of hydrogen-bond donors (Lipinski definition) is 1. The minimum atomic E-state index is -0.710. The van der Waals surface area contributed by atoms with Crippen LogP contribution in [0.2, 0.25) is 5.02 Å². The number of amides is 1. The first-order valence-corrected chi connectivity index (χ1v) is 10.8. The molecule has 0 aliphatic carbocycles. The number of aryl methyl sites for hydroxylation is 1. The predicted octanol–water partition coefficient (Wildman–Crippen LogP) is 5.00. The quantitative estimate of drug-likeness (QED) is 0.303. The van der Waals surface area contributed by atoms with Crippen LogP contribution in [0, 0.1) is 18.3 Å². The lowest BCUT2D eigenvalue weighted by Gasteiger charge is -2.12. The topological polar surface area (TPSA) is 106 Å². The van der Waals surface area contributed by atoms with E-state index in [4.69, 9.17) is 21.1 Å². The highest BCUT2D eigenvalue weighted by atomic mass is 35.5. The molecule has 0 saturated heterocycles. The molecule has 4 aromatic rings. The molecule has 1 N–H and O–H groups in total. The van der Waals surface area contributed by atoms with Crippen molar-refractivity contribution in [3.63, 3.8) is 0 Å². The molecule has 0 bridgehead atoms. The van der Waals surface area contributed by atoms with E-state index in [1.807, 2.05) is 6.07 Å². The van der Waals surface area contributed by atoms with Crippen molar-refractivity contribution < 1.29 is 14.3 Å². The van der Waals surface area contributed by atoms with Crippen molar-refractivity contribution >= 4 is 34.9 Å². The maximum Gasteiger partial charge on any atom is 0.269 e. The average molecular weight is 487 g/mol. The molecule has 4 rings (SSSR count). The molecular formula is C26H19ClN4O4. The number of aromatic nitrogens is 2. The molecule has 35 heavy (non-hydrogen) atoms. The molecule has 0 radical (unpaired) electrons. The fourth-order valence-electron chi connectivity index (χ4n) is 3.32. The first kappa shape index (κ1) is 23.5. The number of pyridine rings is 1. The summed E-state index contributed by atoms with van der Waals surface area (Å²) in [5.74, 6) is 0.0126.